The maximum atomic E-state index is 13.7. The van der Waals surface area contributed by atoms with Crippen LogP contribution in [0.3, 0.4) is 0 Å². The fraction of sp³-hybridized carbons (Fsp3) is 0.321. The van der Waals surface area contributed by atoms with Crippen molar-refractivity contribution in [3.8, 4) is 11.3 Å². The van der Waals surface area contributed by atoms with Crippen LogP contribution in [-0.4, -0.2) is 44.7 Å². The van der Waals surface area contributed by atoms with Gasteiger partial charge in [0.2, 0.25) is 0 Å². The summed E-state index contributed by atoms with van der Waals surface area (Å²) in [5.41, 5.74) is -0.969. The second-order valence-electron chi connectivity index (χ2n) is 9.72. The molecule has 1 saturated heterocycles. The van der Waals surface area contributed by atoms with Crippen LogP contribution in [0.2, 0.25) is 0 Å². The van der Waals surface area contributed by atoms with E-state index in [9.17, 15) is 31.4 Å². The number of benzene rings is 2. The fourth-order valence-electron chi connectivity index (χ4n) is 4.76. The number of rotatable bonds is 6. The maximum Gasteiger partial charge on any atom is 0.418 e. The molecule has 40 heavy (non-hydrogen) atoms. The monoisotopic (exact) mass is 561 g/mol. The smallest absolute Gasteiger partial charge is 0.396 e. The minimum Gasteiger partial charge on any atom is -0.396 e. The van der Waals surface area contributed by atoms with Crippen LogP contribution in [0.15, 0.2) is 60.8 Å². The van der Waals surface area contributed by atoms with Gasteiger partial charge < -0.3 is 10.4 Å². The molecular weight excluding hydrogens is 536 g/mol. The summed E-state index contributed by atoms with van der Waals surface area (Å²) in [6.45, 7) is 1.92. The zero-order valence-corrected chi connectivity index (χ0v) is 21.1. The van der Waals surface area contributed by atoms with Crippen molar-refractivity contribution in [2.24, 2.45) is 5.92 Å². The maximum absolute atomic E-state index is 13.7. The van der Waals surface area contributed by atoms with Crippen molar-refractivity contribution in [3.63, 3.8) is 0 Å². The molecule has 0 radical (unpaired) electrons. The highest BCUT2D eigenvalue weighted by Crippen LogP contribution is 2.37. The largest absolute Gasteiger partial charge is 0.418 e. The number of hydrogen-bond acceptors (Lipinski definition) is 6. The number of nitrogens with one attached hydrogen (secondary N) is 1. The summed E-state index contributed by atoms with van der Waals surface area (Å²) >= 11 is 0. The molecule has 0 saturated carbocycles. The molecule has 1 aliphatic heterocycles. The van der Waals surface area contributed by atoms with E-state index in [0.29, 0.717) is 34.8 Å². The van der Waals surface area contributed by atoms with Crippen molar-refractivity contribution in [2.75, 3.05) is 25.0 Å². The first-order valence-electron chi connectivity index (χ1n) is 12.6. The molecule has 5 rings (SSSR count). The molecule has 2 aromatic heterocycles. The second-order valence-corrected chi connectivity index (χ2v) is 9.72. The molecule has 0 unspecified atom stereocenters. The van der Waals surface area contributed by atoms with E-state index in [1.807, 2.05) is 0 Å². The van der Waals surface area contributed by atoms with E-state index in [2.05, 4.69) is 25.2 Å². The molecule has 0 aliphatic carbocycles. The van der Waals surface area contributed by atoms with Crippen LogP contribution in [0.25, 0.3) is 22.2 Å². The minimum absolute atomic E-state index is 0.123. The third-order valence-corrected chi connectivity index (χ3v) is 6.94. The fourth-order valence-corrected chi connectivity index (χ4v) is 4.76. The normalized spacial score (nSPS) is 15.5. The van der Waals surface area contributed by atoms with Gasteiger partial charge in [-0.2, -0.15) is 26.3 Å². The highest BCUT2D eigenvalue weighted by Gasteiger charge is 2.34. The minimum atomic E-state index is -4.61. The van der Waals surface area contributed by atoms with Crippen LogP contribution < -0.4 is 5.32 Å². The van der Waals surface area contributed by atoms with Crippen LogP contribution in [-0.2, 0) is 18.9 Å². The van der Waals surface area contributed by atoms with Crippen molar-refractivity contribution in [1.29, 1.82) is 0 Å². The van der Waals surface area contributed by atoms with Crippen LogP contribution in [0.4, 0.5) is 37.8 Å². The lowest BCUT2D eigenvalue weighted by Crippen LogP contribution is -2.34. The number of piperidine rings is 1. The molecular formula is C28H25F6N5O. The number of nitrogens with zero attached hydrogens (tertiary/aromatic N) is 4. The number of aliphatic hydroxyl groups excluding tert-OH is 1. The zero-order valence-electron chi connectivity index (χ0n) is 21.1. The van der Waals surface area contributed by atoms with Gasteiger partial charge in [-0.15, -0.1) is 0 Å². The SMILES string of the molecule is OCC1CCN(Cc2nc(Nc3ccc(C(F)(F)F)cc3)c3ccc(-c4ncccc4C(F)(F)F)cc3n2)CC1. The predicted molar refractivity (Wildman–Crippen MR) is 138 cm³/mol. The molecule has 1 aliphatic rings. The molecule has 0 amide bonds. The first-order chi connectivity index (χ1) is 19.0. The third-order valence-electron chi connectivity index (χ3n) is 6.94. The van der Waals surface area contributed by atoms with E-state index < -0.39 is 23.5 Å². The van der Waals surface area contributed by atoms with Gasteiger partial charge in [0.25, 0.3) is 0 Å². The van der Waals surface area contributed by atoms with E-state index in [1.165, 1.54) is 36.5 Å². The van der Waals surface area contributed by atoms with Crippen molar-refractivity contribution < 1.29 is 31.4 Å². The number of aliphatic hydroxyl groups is 1. The number of likely N-dealkylation sites (tertiary alicyclic amines) is 1. The van der Waals surface area contributed by atoms with Gasteiger partial charge >= 0.3 is 12.4 Å². The van der Waals surface area contributed by atoms with Crippen LogP contribution in [0.1, 0.15) is 29.8 Å². The highest BCUT2D eigenvalue weighted by molar-refractivity contribution is 5.93. The van der Waals surface area contributed by atoms with Crippen molar-refractivity contribution in [3.05, 3.63) is 77.7 Å². The van der Waals surface area contributed by atoms with Crippen molar-refractivity contribution >= 4 is 22.4 Å². The first kappa shape index (κ1) is 27.8. The summed E-state index contributed by atoms with van der Waals surface area (Å²) in [7, 11) is 0. The van der Waals surface area contributed by atoms with Gasteiger partial charge in [0.15, 0.2) is 0 Å². The number of halogens is 6. The molecule has 0 atom stereocenters. The summed E-state index contributed by atoms with van der Waals surface area (Å²) in [6, 6.07) is 11.2. The van der Waals surface area contributed by atoms with E-state index in [-0.39, 0.29) is 23.8 Å². The van der Waals surface area contributed by atoms with E-state index >= 15 is 0 Å². The number of aromatic nitrogens is 3. The average molecular weight is 562 g/mol. The Bertz CT molecular complexity index is 1480. The van der Waals surface area contributed by atoms with Gasteiger partial charge in [-0.3, -0.25) is 9.88 Å². The molecule has 0 bridgehead atoms. The van der Waals surface area contributed by atoms with Crippen LogP contribution in [0, 0.1) is 5.92 Å². The van der Waals surface area contributed by atoms with Gasteiger partial charge in [-0.25, -0.2) is 9.97 Å². The molecule has 2 N–H and O–H groups in total. The number of hydrogen-bond donors (Lipinski definition) is 2. The molecule has 6 nitrogen and oxygen atoms in total. The summed E-state index contributed by atoms with van der Waals surface area (Å²) in [5, 5.41) is 13.0. The molecule has 12 heteroatoms. The number of pyridine rings is 1. The topological polar surface area (TPSA) is 74.2 Å². The third kappa shape index (κ3) is 6.18. The lowest BCUT2D eigenvalue weighted by molar-refractivity contribution is -0.138. The molecule has 4 aromatic rings. The quantitative estimate of drug-likeness (QED) is 0.256. The van der Waals surface area contributed by atoms with Crippen molar-refractivity contribution in [2.45, 2.75) is 31.7 Å². The average Bonchev–Trinajstić information content (AvgIpc) is 2.92. The Morgan fingerprint density at radius 2 is 1.62 bits per heavy atom. The van der Waals surface area contributed by atoms with Crippen LogP contribution >= 0.6 is 0 Å². The highest BCUT2D eigenvalue weighted by atomic mass is 19.4. The Morgan fingerprint density at radius 1 is 0.900 bits per heavy atom. The standard InChI is InChI=1S/C28H25F6N5O/c29-27(30,31)19-4-6-20(7-5-19)36-26-21-8-3-18(25-22(28(32,33)34)2-1-11-35-25)14-23(21)37-24(38-26)15-39-12-9-17(16-40)10-13-39/h1-8,11,14,17,40H,9-10,12-13,15-16H2,(H,36,37,38). The van der Waals surface area contributed by atoms with Gasteiger partial charge in [-0.1, -0.05) is 6.07 Å². The predicted octanol–water partition coefficient (Wildman–Crippen LogP) is 6.68. The number of fused-ring (bicyclic) bond motifs is 1. The van der Waals surface area contributed by atoms with Gasteiger partial charge in [-0.05, 0) is 80.4 Å². The Kier molecular flexibility index (Phi) is 7.65. The van der Waals surface area contributed by atoms with E-state index in [1.54, 1.807) is 6.07 Å². The lowest BCUT2D eigenvalue weighted by Gasteiger charge is -2.30. The zero-order chi connectivity index (χ0) is 28.5. The summed E-state index contributed by atoms with van der Waals surface area (Å²) in [5.74, 6) is 0.946. The molecule has 210 valence electrons. The van der Waals surface area contributed by atoms with Crippen LogP contribution in [0.5, 0.6) is 0 Å². The number of anilines is 2. The molecule has 1 fully saturated rings. The Hall–Kier alpha value is -3.77. The van der Waals surface area contributed by atoms with Gasteiger partial charge in [0.1, 0.15) is 11.6 Å². The second kappa shape index (κ2) is 11.0. The first-order valence-corrected chi connectivity index (χ1v) is 12.6. The van der Waals surface area contributed by atoms with Gasteiger partial charge in [0, 0.05) is 29.4 Å². The molecule has 2 aromatic carbocycles. The Morgan fingerprint density at radius 3 is 2.27 bits per heavy atom. The summed E-state index contributed by atoms with van der Waals surface area (Å²) in [4.78, 5) is 15.4. The molecule has 3 heterocycles. The molecule has 0 spiro atoms. The van der Waals surface area contributed by atoms with Gasteiger partial charge in [0.05, 0.1) is 28.9 Å². The van der Waals surface area contributed by atoms with Crippen molar-refractivity contribution in [1.82, 2.24) is 19.9 Å². The van der Waals surface area contributed by atoms with E-state index in [0.717, 1.165) is 44.1 Å². The summed E-state index contributed by atoms with van der Waals surface area (Å²) < 4.78 is 80.1. The Labute approximate surface area is 225 Å². The lowest BCUT2D eigenvalue weighted by atomic mass is 9.98. The van der Waals surface area contributed by atoms with E-state index in [4.69, 9.17) is 0 Å². The Balaban J connectivity index is 1.54. The summed E-state index contributed by atoms with van der Waals surface area (Å²) in [6.07, 6.45) is -6.18. The number of alkyl halides is 6.